The molecule has 1 rings (SSSR count). The standard InChI is InChI=1S/C12H17ClN2O/c1-3-10(7-14)15-12(16)9-4-5-11(13)8(2)6-9/h4-6,10H,3,7,14H2,1-2H3,(H,15,16). The molecule has 3 nitrogen and oxygen atoms in total. The average Bonchev–Trinajstić information content (AvgIpc) is 2.29. The highest BCUT2D eigenvalue weighted by molar-refractivity contribution is 6.31. The third-order valence-corrected chi connectivity index (χ3v) is 2.96. The molecule has 0 saturated heterocycles. The van der Waals surface area contributed by atoms with Gasteiger partial charge in [-0.15, -0.1) is 0 Å². The van der Waals surface area contributed by atoms with Crippen molar-refractivity contribution in [1.82, 2.24) is 5.32 Å². The minimum atomic E-state index is -0.0999. The van der Waals surface area contributed by atoms with Gasteiger partial charge in [0, 0.05) is 23.2 Å². The predicted octanol–water partition coefficient (Wildman–Crippen LogP) is 2.12. The summed E-state index contributed by atoms with van der Waals surface area (Å²) >= 11 is 5.89. The molecule has 1 unspecified atom stereocenters. The summed E-state index contributed by atoms with van der Waals surface area (Å²) in [6, 6.07) is 5.26. The van der Waals surface area contributed by atoms with Gasteiger partial charge in [-0.2, -0.15) is 0 Å². The van der Waals surface area contributed by atoms with Crippen LogP contribution in [0.2, 0.25) is 5.02 Å². The van der Waals surface area contributed by atoms with Crippen LogP contribution in [0.1, 0.15) is 29.3 Å². The number of aryl methyl sites for hydroxylation is 1. The molecule has 0 heterocycles. The van der Waals surface area contributed by atoms with E-state index in [0.717, 1.165) is 12.0 Å². The van der Waals surface area contributed by atoms with Crippen LogP contribution in [0.15, 0.2) is 18.2 Å². The largest absolute Gasteiger partial charge is 0.348 e. The van der Waals surface area contributed by atoms with Gasteiger partial charge < -0.3 is 11.1 Å². The number of nitrogens with one attached hydrogen (secondary N) is 1. The van der Waals surface area contributed by atoms with Crippen molar-refractivity contribution in [1.29, 1.82) is 0 Å². The molecule has 1 aromatic rings. The Morgan fingerprint density at radius 1 is 1.56 bits per heavy atom. The maximum Gasteiger partial charge on any atom is 0.251 e. The molecule has 0 aliphatic rings. The number of carbonyl (C=O) groups excluding carboxylic acids is 1. The summed E-state index contributed by atoms with van der Waals surface area (Å²) in [5.41, 5.74) is 7.05. The predicted molar refractivity (Wildman–Crippen MR) is 66.8 cm³/mol. The minimum absolute atomic E-state index is 0.0310. The molecule has 0 radical (unpaired) electrons. The molecular weight excluding hydrogens is 224 g/mol. The van der Waals surface area contributed by atoms with Crippen LogP contribution in [0, 0.1) is 6.92 Å². The van der Waals surface area contributed by atoms with Gasteiger partial charge in [0.2, 0.25) is 0 Å². The van der Waals surface area contributed by atoms with Gasteiger partial charge in [0.1, 0.15) is 0 Å². The average molecular weight is 241 g/mol. The number of amides is 1. The van der Waals surface area contributed by atoms with E-state index < -0.39 is 0 Å². The molecular formula is C12H17ClN2O. The lowest BCUT2D eigenvalue weighted by Crippen LogP contribution is -2.39. The Morgan fingerprint density at radius 2 is 2.25 bits per heavy atom. The highest BCUT2D eigenvalue weighted by Crippen LogP contribution is 2.16. The van der Waals surface area contributed by atoms with Crippen LogP contribution in [0.25, 0.3) is 0 Å². The van der Waals surface area contributed by atoms with Crippen molar-refractivity contribution in [2.45, 2.75) is 26.3 Å². The number of hydrogen-bond acceptors (Lipinski definition) is 2. The number of carbonyl (C=O) groups is 1. The fraction of sp³-hybridized carbons (Fsp3) is 0.417. The maximum atomic E-state index is 11.8. The van der Waals surface area contributed by atoms with Gasteiger partial charge in [0.15, 0.2) is 0 Å². The molecule has 1 atom stereocenters. The van der Waals surface area contributed by atoms with Gasteiger partial charge in [-0.1, -0.05) is 18.5 Å². The first kappa shape index (κ1) is 13.0. The summed E-state index contributed by atoms with van der Waals surface area (Å²) in [4.78, 5) is 11.8. The highest BCUT2D eigenvalue weighted by atomic mass is 35.5. The Bertz CT molecular complexity index is 375. The Labute approximate surface area is 101 Å². The van der Waals surface area contributed by atoms with Gasteiger partial charge in [0.05, 0.1) is 0 Å². The summed E-state index contributed by atoms with van der Waals surface area (Å²) in [6.07, 6.45) is 0.828. The van der Waals surface area contributed by atoms with Gasteiger partial charge >= 0.3 is 0 Å². The van der Waals surface area contributed by atoms with Crippen molar-refractivity contribution in [3.8, 4) is 0 Å². The number of hydrogen-bond donors (Lipinski definition) is 2. The van der Waals surface area contributed by atoms with E-state index in [9.17, 15) is 4.79 Å². The quantitative estimate of drug-likeness (QED) is 0.847. The Morgan fingerprint density at radius 3 is 2.75 bits per heavy atom. The van der Waals surface area contributed by atoms with Gasteiger partial charge in [-0.05, 0) is 37.1 Å². The van der Waals surface area contributed by atoms with E-state index in [2.05, 4.69) is 5.32 Å². The fourth-order valence-electron chi connectivity index (χ4n) is 1.38. The lowest BCUT2D eigenvalue weighted by Gasteiger charge is -2.14. The topological polar surface area (TPSA) is 55.1 Å². The van der Waals surface area contributed by atoms with Crippen molar-refractivity contribution in [2.24, 2.45) is 5.73 Å². The van der Waals surface area contributed by atoms with Gasteiger partial charge in [-0.25, -0.2) is 0 Å². The molecule has 1 amide bonds. The number of rotatable bonds is 4. The molecule has 0 aliphatic heterocycles. The van der Waals surface area contributed by atoms with Crippen molar-refractivity contribution >= 4 is 17.5 Å². The first-order valence-electron chi connectivity index (χ1n) is 5.35. The minimum Gasteiger partial charge on any atom is -0.348 e. The van der Waals surface area contributed by atoms with Crippen molar-refractivity contribution in [2.75, 3.05) is 6.54 Å². The molecule has 4 heteroatoms. The van der Waals surface area contributed by atoms with Crippen molar-refractivity contribution in [3.63, 3.8) is 0 Å². The zero-order valence-electron chi connectivity index (χ0n) is 9.59. The summed E-state index contributed by atoms with van der Waals surface area (Å²) in [5, 5.41) is 3.54. The molecule has 3 N–H and O–H groups in total. The van der Waals surface area contributed by atoms with Crippen LogP contribution in [0.4, 0.5) is 0 Å². The van der Waals surface area contributed by atoms with Crippen molar-refractivity contribution < 1.29 is 4.79 Å². The fourth-order valence-corrected chi connectivity index (χ4v) is 1.50. The van der Waals surface area contributed by atoms with Crippen LogP contribution < -0.4 is 11.1 Å². The maximum absolute atomic E-state index is 11.8. The van der Waals surface area contributed by atoms with Crippen LogP contribution in [-0.2, 0) is 0 Å². The molecule has 16 heavy (non-hydrogen) atoms. The Hall–Kier alpha value is -1.06. The van der Waals surface area contributed by atoms with E-state index in [-0.39, 0.29) is 11.9 Å². The SMILES string of the molecule is CCC(CN)NC(=O)c1ccc(Cl)c(C)c1. The zero-order chi connectivity index (χ0) is 12.1. The summed E-state index contributed by atoms with van der Waals surface area (Å²) in [6.45, 7) is 4.32. The van der Waals surface area contributed by atoms with E-state index in [4.69, 9.17) is 17.3 Å². The van der Waals surface area contributed by atoms with E-state index in [1.807, 2.05) is 13.8 Å². The van der Waals surface area contributed by atoms with Crippen LogP contribution in [-0.4, -0.2) is 18.5 Å². The number of halogens is 1. The molecule has 1 aromatic carbocycles. The summed E-state index contributed by atoms with van der Waals surface area (Å²) < 4.78 is 0. The number of nitrogens with two attached hydrogens (primary N) is 1. The lowest BCUT2D eigenvalue weighted by atomic mass is 10.1. The molecule has 0 aromatic heterocycles. The molecule has 0 saturated carbocycles. The van der Waals surface area contributed by atoms with E-state index >= 15 is 0 Å². The third kappa shape index (κ3) is 3.22. The lowest BCUT2D eigenvalue weighted by molar-refractivity contribution is 0.0937. The Kier molecular flexibility index (Phi) is 4.77. The second kappa shape index (κ2) is 5.87. The first-order valence-corrected chi connectivity index (χ1v) is 5.73. The molecule has 0 spiro atoms. The van der Waals surface area contributed by atoms with Crippen LogP contribution >= 0.6 is 11.6 Å². The first-order chi connectivity index (χ1) is 7.58. The molecule has 0 bridgehead atoms. The van der Waals surface area contributed by atoms with Crippen molar-refractivity contribution in [3.05, 3.63) is 34.3 Å². The normalized spacial score (nSPS) is 12.2. The number of benzene rings is 1. The summed E-state index contributed by atoms with van der Waals surface area (Å²) in [5.74, 6) is -0.0999. The summed E-state index contributed by atoms with van der Waals surface area (Å²) in [7, 11) is 0. The van der Waals surface area contributed by atoms with Gasteiger partial charge in [-0.3, -0.25) is 4.79 Å². The molecule has 88 valence electrons. The third-order valence-electron chi connectivity index (χ3n) is 2.53. The second-order valence-corrected chi connectivity index (χ2v) is 4.19. The zero-order valence-corrected chi connectivity index (χ0v) is 10.3. The van der Waals surface area contributed by atoms with Gasteiger partial charge in [0.25, 0.3) is 5.91 Å². The van der Waals surface area contributed by atoms with E-state index in [0.29, 0.717) is 17.1 Å². The van der Waals surface area contributed by atoms with E-state index in [1.165, 1.54) is 0 Å². The highest BCUT2D eigenvalue weighted by Gasteiger charge is 2.11. The van der Waals surface area contributed by atoms with E-state index in [1.54, 1.807) is 18.2 Å². The molecule has 0 fully saturated rings. The van der Waals surface area contributed by atoms with Crippen LogP contribution in [0.5, 0.6) is 0 Å². The second-order valence-electron chi connectivity index (χ2n) is 3.78. The van der Waals surface area contributed by atoms with Crippen LogP contribution in [0.3, 0.4) is 0 Å². The molecule has 0 aliphatic carbocycles. The Balaban J connectivity index is 2.76. The monoisotopic (exact) mass is 240 g/mol. The smallest absolute Gasteiger partial charge is 0.251 e.